The summed E-state index contributed by atoms with van der Waals surface area (Å²) in [5.74, 6) is 0. The molecule has 0 aromatic carbocycles. The Balaban J connectivity index is 2.28. The van der Waals surface area contributed by atoms with Crippen molar-refractivity contribution in [1.29, 1.82) is 0 Å². The standard InChI is InChI=1S/C14H29N2O4/c1-19-7-3-5-15-11-9-12(14(18)10-13(11)17)16-6-4-8-20-2/h9,11-18H,3-8,10H2,1-2H3/q+1. The fourth-order valence-corrected chi connectivity index (χ4v) is 2.40. The Morgan fingerprint density at radius 1 is 0.950 bits per heavy atom. The van der Waals surface area contributed by atoms with Crippen LogP contribution >= 0.6 is 0 Å². The first kappa shape index (κ1) is 17.7. The monoisotopic (exact) mass is 289 g/mol. The molecule has 0 aromatic rings. The van der Waals surface area contributed by atoms with Crippen molar-refractivity contribution in [1.82, 2.24) is 10.6 Å². The normalized spacial score (nSPS) is 30.2. The number of aliphatic hydroxyl groups is 2. The van der Waals surface area contributed by atoms with E-state index in [1.165, 1.54) is 0 Å². The Bertz CT molecular complexity index is 221. The van der Waals surface area contributed by atoms with Gasteiger partial charge in [0.2, 0.25) is 0 Å². The summed E-state index contributed by atoms with van der Waals surface area (Å²) < 4.78 is 9.99. The van der Waals surface area contributed by atoms with E-state index in [2.05, 4.69) is 10.6 Å². The van der Waals surface area contributed by atoms with Crippen LogP contribution in [0.15, 0.2) is 0 Å². The van der Waals surface area contributed by atoms with E-state index < -0.39 is 12.2 Å². The molecule has 1 saturated carbocycles. The van der Waals surface area contributed by atoms with Crippen molar-refractivity contribution in [2.24, 2.45) is 0 Å². The highest BCUT2D eigenvalue weighted by Gasteiger charge is 2.42. The van der Waals surface area contributed by atoms with E-state index >= 15 is 0 Å². The summed E-state index contributed by atoms with van der Waals surface area (Å²) in [6, 6.07) is -0.176. The van der Waals surface area contributed by atoms with Crippen molar-refractivity contribution in [3.05, 3.63) is 6.42 Å². The molecule has 6 heteroatoms. The number of methoxy groups -OCH3 is 2. The Morgan fingerprint density at radius 2 is 1.40 bits per heavy atom. The second kappa shape index (κ2) is 10.4. The van der Waals surface area contributed by atoms with Gasteiger partial charge >= 0.3 is 0 Å². The zero-order valence-corrected chi connectivity index (χ0v) is 12.5. The van der Waals surface area contributed by atoms with Gasteiger partial charge in [-0.3, -0.25) is 10.6 Å². The fourth-order valence-electron chi connectivity index (χ4n) is 2.40. The third-order valence-electron chi connectivity index (χ3n) is 3.54. The molecular formula is C14H29N2O4+. The van der Waals surface area contributed by atoms with Crippen molar-refractivity contribution in [2.75, 3.05) is 40.5 Å². The highest BCUT2D eigenvalue weighted by Crippen LogP contribution is 2.19. The van der Waals surface area contributed by atoms with Crippen LogP contribution in [0, 0.1) is 6.42 Å². The lowest BCUT2D eigenvalue weighted by molar-refractivity contribution is 0.0195. The van der Waals surface area contributed by atoms with Crippen LogP contribution in [0.1, 0.15) is 19.3 Å². The lowest BCUT2D eigenvalue weighted by atomic mass is 9.86. The van der Waals surface area contributed by atoms with E-state index in [0.717, 1.165) is 25.9 Å². The van der Waals surface area contributed by atoms with Crippen LogP contribution in [0.5, 0.6) is 0 Å². The Kier molecular flexibility index (Phi) is 9.17. The number of hydrogen-bond donors (Lipinski definition) is 4. The topological polar surface area (TPSA) is 83.0 Å². The molecule has 1 fully saturated rings. The van der Waals surface area contributed by atoms with E-state index in [1.807, 2.05) is 6.42 Å². The second-order valence-corrected chi connectivity index (χ2v) is 5.22. The molecule has 4 N–H and O–H groups in total. The SMILES string of the molecule is COCCCNC1[CH+]C(NCCCOC)C(O)CC1O. The van der Waals surface area contributed by atoms with Gasteiger partial charge in [0.15, 0.2) is 12.1 Å². The number of aliphatic hydroxyl groups excluding tert-OH is 2. The molecule has 1 rings (SSSR count). The van der Waals surface area contributed by atoms with Gasteiger partial charge in [0.25, 0.3) is 0 Å². The van der Waals surface area contributed by atoms with Crippen molar-refractivity contribution >= 4 is 0 Å². The van der Waals surface area contributed by atoms with Gasteiger partial charge in [-0.05, 0) is 12.8 Å². The predicted molar refractivity (Wildman–Crippen MR) is 77.5 cm³/mol. The maximum absolute atomic E-state index is 9.99. The highest BCUT2D eigenvalue weighted by atomic mass is 16.5. The van der Waals surface area contributed by atoms with Crippen molar-refractivity contribution in [3.8, 4) is 0 Å². The van der Waals surface area contributed by atoms with Gasteiger partial charge in [-0.15, -0.1) is 0 Å². The van der Waals surface area contributed by atoms with Gasteiger partial charge in [-0.2, -0.15) is 0 Å². The minimum Gasteiger partial charge on any atom is -0.387 e. The molecular weight excluding hydrogens is 260 g/mol. The zero-order chi connectivity index (χ0) is 14.8. The summed E-state index contributed by atoms with van der Waals surface area (Å²) in [5.41, 5.74) is 0. The van der Waals surface area contributed by atoms with E-state index in [0.29, 0.717) is 19.6 Å². The number of ether oxygens (including phenoxy) is 2. The average molecular weight is 289 g/mol. The van der Waals surface area contributed by atoms with Crippen LogP contribution < -0.4 is 10.6 Å². The molecule has 0 heterocycles. The highest BCUT2D eigenvalue weighted by molar-refractivity contribution is 5.05. The van der Waals surface area contributed by atoms with E-state index in [-0.39, 0.29) is 12.1 Å². The molecule has 0 amide bonds. The van der Waals surface area contributed by atoms with E-state index in [4.69, 9.17) is 9.47 Å². The molecule has 1 aliphatic carbocycles. The van der Waals surface area contributed by atoms with Crippen molar-refractivity contribution in [3.63, 3.8) is 0 Å². The Morgan fingerprint density at radius 3 is 1.80 bits per heavy atom. The quantitative estimate of drug-likeness (QED) is 0.315. The number of hydrogen-bond acceptors (Lipinski definition) is 6. The maximum Gasteiger partial charge on any atom is 0.177 e. The zero-order valence-electron chi connectivity index (χ0n) is 12.5. The molecule has 6 nitrogen and oxygen atoms in total. The Labute approximate surface area is 121 Å². The molecule has 20 heavy (non-hydrogen) atoms. The summed E-state index contributed by atoms with van der Waals surface area (Å²) >= 11 is 0. The largest absolute Gasteiger partial charge is 0.387 e. The lowest BCUT2D eigenvalue weighted by Crippen LogP contribution is -2.56. The van der Waals surface area contributed by atoms with Gasteiger partial charge < -0.3 is 19.7 Å². The minimum atomic E-state index is -0.537. The first-order valence-electron chi connectivity index (χ1n) is 7.34. The van der Waals surface area contributed by atoms with Crippen LogP contribution in [0.3, 0.4) is 0 Å². The third-order valence-corrected chi connectivity index (χ3v) is 3.54. The second-order valence-electron chi connectivity index (χ2n) is 5.22. The minimum absolute atomic E-state index is 0.0878. The molecule has 0 radical (unpaired) electrons. The van der Waals surface area contributed by atoms with Gasteiger partial charge in [0, 0.05) is 46.9 Å². The summed E-state index contributed by atoms with van der Waals surface area (Å²) in [7, 11) is 3.36. The molecule has 4 unspecified atom stereocenters. The smallest absolute Gasteiger partial charge is 0.177 e. The van der Waals surface area contributed by atoms with Crippen molar-refractivity contribution in [2.45, 2.75) is 43.6 Å². The van der Waals surface area contributed by atoms with Crippen LogP contribution in [0.4, 0.5) is 0 Å². The van der Waals surface area contributed by atoms with Gasteiger partial charge in [0.1, 0.15) is 18.6 Å². The van der Waals surface area contributed by atoms with Crippen LogP contribution in [0.2, 0.25) is 0 Å². The van der Waals surface area contributed by atoms with Crippen molar-refractivity contribution < 1.29 is 19.7 Å². The molecule has 1 aliphatic rings. The molecule has 0 aliphatic heterocycles. The first-order valence-corrected chi connectivity index (χ1v) is 7.34. The summed E-state index contributed by atoms with van der Waals surface area (Å²) in [6.45, 7) is 2.99. The molecule has 0 bridgehead atoms. The number of rotatable bonds is 10. The molecule has 0 saturated heterocycles. The van der Waals surface area contributed by atoms with Gasteiger partial charge in [-0.25, -0.2) is 0 Å². The molecule has 118 valence electrons. The predicted octanol–water partition coefficient (Wildman–Crippen LogP) is -0.694. The maximum atomic E-state index is 9.99. The molecule has 0 spiro atoms. The summed E-state index contributed by atoms with van der Waals surface area (Å²) in [5, 5.41) is 26.6. The molecule has 4 atom stereocenters. The Hall–Kier alpha value is -0.370. The van der Waals surface area contributed by atoms with Crippen LogP contribution in [-0.2, 0) is 9.47 Å². The van der Waals surface area contributed by atoms with E-state index in [9.17, 15) is 10.2 Å². The number of nitrogens with one attached hydrogen (secondary N) is 2. The van der Waals surface area contributed by atoms with Gasteiger partial charge in [0.05, 0.1) is 0 Å². The van der Waals surface area contributed by atoms with Crippen LogP contribution in [0.25, 0.3) is 0 Å². The fraction of sp³-hybridized carbons (Fsp3) is 0.929. The lowest BCUT2D eigenvalue weighted by Gasteiger charge is -2.30. The summed E-state index contributed by atoms with van der Waals surface area (Å²) in [4.78, 5) is 0. The van der Waals surface area contributed by atoms with Crippen LogP contribution in [-0.4, -0.2) is 75.0 Å². The molecule has 0 aromatic heterocycles. The van der Waals surface area contributed by atoms with Gasteiger partial charge in [-0.1, -0.05) is 0 Å². The summed E-state index contributed by atoms with van der Waals surface area (Å²) in [6.07, 6.45) is 3.09. The third kappa shape index (κ3) is 6.39. The first-order chi connectivity index (χ1) is 9.69. The van der Waals surface area contributed by atoms with E-state index in [1.54, 1.807) is 14.2 Å². The average Bonchev–Trinajstić information content (AvgIpc) is 2.43.